The molecule has 0 spiro atoms. The lowest BCUT2D eigenvalue weighted by atomic mass is 9.76. The zero-order valence-electron chi connectivity index (χ0n) is 23.3. The van der Waals surface area contributed by atoms with E-state index in [0.717, 1.165) is 12.0 Å². The van der Waals surface area contributed by atoms with Crippen molar-refractivity contribution in [2.75, 3.05) is 33.9 Å². The molecule has 0 unspecified atom stereocenters. The third kappa shape index (κ3) is 5.13. The van der Waals surface area contributed by atoms with Gasteiger partial charge in [0.05, 0.1) is 36.8 Å². The summed E-state index contributed by atoms with van der Waals surface area (Å²) < 4.78 is 15.9. The van der Waals surface area contributed by atoms with E-state index in [1.54, 1.807) is 40.2 Å². The predicted octanol–water partition coefficient (Wildman–Crippen LogP) is 4.23. The number of nitrogens with one attached hydrogen (secondary N) is 2. The number of furan rings is 1. The molecule has 2 aromatic heterocycles. The van der Waals surface area contributed by atoms with E-state index in [0.29, 0.717) is 53.2 Å². The minimum Gasteiger partial charge on any atom is -0.493 e. The number of rotatable bonds is 11. The third-order valence-electron chi connectivity index (χ3n) is 7.35. The van der Waals surface area contributed by atoms with Crippen LogP contribution in [0.25, 0.3) is 22.6 Å². The zero-order valence-corrected chi connectivity index (χ0v) is 23.3. The molecule has 0 aliphatic carbocycles. The largest absolute Gasteiger partial charge is 0.493 e. The van der Waals surface area contributed by atoms with Gasteiger partial charge in [-0.1, -0.05) is 12.1 Å². The fourth-order valence-electron chi connectivity index (χ4n) is 5.12. The number of imide groups is 1. The molecule has 41 heavy (non-hydrogen) atoms. The van der Waals surface area contributed by atoms with Crippen molar-refractivity contribution < 1.29 is 28.4 Å². The van der Waals surface area contributed by atoms with Crippen LogP contribution in [0.1, 0.15) is 41.8 Å². The highest BCUT2D eigenvalue weighted by Gasteiger charge is 2.45. The molecule has 5 rings (SSSR count). The lowest BCUT2D eigenvalue weighted by molar-refractivity contribution is -0.401. The summed E-state index contributed by atoms with van der Waals surface area (Å²) in [5.74, 6) is 0.705. The maximum absolute atomic E-state index is 13.7. The van der Waals surface area contributed by atoms with Gasteiger partial charge < -0.3 is 24.2 Å². The standard InChI is InChI=1S/C29H31N5O7/c1-29(2)18-7-8-19-25(32-26(31-19)21-10-11-23(41-21)34(37)38)24(18)27(35)33(28(29)36)15-5-13-30-14-12-17-6-9-20(39-3)22(16-17)40-4/h6-11,16,30H,5,12-15H2,1-4H3,(H,31,32). The molecular weight excluding hydrogens is 530 g/mol. The molecule has 1 aliphatic rings. The Hall–Kier alpha value is -4.71. The van der Waals surface area contributed by atoms with Crippen molar-refractivity contribution >= 4 is 28.7 Å². The lowest BCUT2D eigenvalue weighted by Gasteiger charge is -2.37. The Kier molecular flexibility index (Phi) is 7.50. The monoisotopic (exact) mass is 561 g/mol. The van der Waals surface area contributed by atoms with Gasteiger partial charge in [0, 0.05) is 6.54 Å². The molecule has 0 atom stereocenters. The molecule has 0 saturated carbocycles. The molecule has 0 fully saturated rings. The minimum absolute atomic E-state index is 0.177. The maximum Gasteiger partial charge on any atom is 0.433 e. The number of carbonyl (C=O) groups is 2. The van der Waals surface area contributed by atoms with Gasteiger partial charge in [-0.25, -0.2) is 4.98 Å². The van der Waals surface area contributed by atoms with E-state index in [1.807, 2.05) is 18.2 Å². The van der Waals surface area contributed by atoms with Gasteiger partial charge in [-0.05, 0) is 75.2 Å². The summed E-state index contributed by atoms with van der Waals surface area (Å²) in [6.45, 7) is 5.18. The Balaban J connectivity index is 1.28. The molecule has 4 aromatic rings. The quantitative estimate of drug-likeness (QED) is 0.119. The summed E-state index contributed by atoms with van der Waals surface area (Å²) in [4.78, 5) is 46.4. The van der Waals surface area contributed by atoms with E-state index in [4.69, 9.17) is 13.9 Å². The number of benzene rings is 2. The van der Waals surface area contributed by atoms with Gasteiger partial charge in [0.15, 0.2) is 23.1 Å². The summed E-state index contributed by atoms with van der Waals surface area (Å²) >= 11 is 0. The van der Waals surface area contributed by atoms with Crippen LogP contribution in [0, 0.1) is 10.1 Å². The van der Waals surface area contributed by atoms with Crippen molar-refractivity contribution in [1.29, 1.82) is 0 Å². The number of carbonyl (C=O) groups excluding carboxylic acids is 2. The molecule has 3 heterocycles. The van der Waals surface area contributed by atoms with Crippen molar-refractivity contribution in [2.45, 2.75) is 32.1 Å². The summed E-state index contributed by atoms with van der Waals surface area (Å²) in [6, 6.07) is 12.0. The Bertz CT molecular complexity index is 1640. The van der Waals surface area contributed by atoms with Gasteiger partial charge in [0.1, 0.15) is 10.4 Å². The molecule has 12 nitrogen and oxygen atoms in total. The van der Waals surface area contributed by atoms with Crippen LogP contribution < -0.4 is 14.8 Å². The number of ether oxygens (including phenoxy) is 2. The fraction of sp³-hybridized carbons (Fsp3) is 0.345. The predicted molar refractivity (Wildman–Crippen MR) is 150 cm³/mol. The van der Waals surface area contributed by atoms with Gasteiger partial charge in [-0.2, -0.15) is 0 Å². The molecular formula is C29H31N5O7. The molecule has 2 aromatic carbocycles. The van der Waals surface area contributed by atoms with Crippen LogP contribution in [0.2, 0.25) is 0 Å². The van der Waals surface area contributed by atoms with Crippen molar-refractivity contribution in [2.24, 2.45) is 0 Å². The number of H-pyrrole nitrogens is 1. The maximum atomic E-state index is 13.7. The second-order valence-corrected chi connectivity index (χ2v) is 10.3. The molecule has 0 radical (unpaired) electrons. The van der Waals surface area contributed by atoms with Gasteiger partial charge in [0.2, 0.25) is 5.91 Å². The average Bonchev–Trinajstić information content (AvgIpc) is 3.62. The second kappa shape index (κ2) is 11.0. The first kappa shape index (κ1) is 27.8. The third-order valence-corrected chi connectivity index (χ3v) is 7.35. The zero-order chi connectivity index (χ0) is 29.3. The Morgan fingerprint density at radius 3 is 2.56 bits per heavy atom. The molecule has 0 bridgehead atoms. The fourth-order valence-corrected chi connectivity index (χ4v) is 5.12. The average molecular weight is 562 g/mol. The Morgan fingerprint density at radius 2 is 1.85 bits per heavy atom. The first-order chi connectivity index (χ1) is 19.6. The first-order valence-corrected chi connectivity index (χ1v) is 13.2. The number of amides is 2. The molecule has 0 saturated heterocycles. The normalized spacial score (nSPS) is 14.4. The lowest BCUT2D eigenvalue weighted by Crippen LogP contribution is -2.52. The minimum atomic E-state index is -0.944. The molecule has 2 N–H and O–H groups in total. The van der Waals surface area contributed by atoms with Crippen LogP contribution in [-0.4, -0.2) is 65.5 Å². The van der Waals surface area contributed by atoms with Crippen LogP contribution in [0.3, 0.4) is 0 Å². The van der Waals surface area contributed by atoms with E-state index in [2.05, 4.69) is 15.3 Å². The highest BCUT2D eigenvalue weighted by molar-refractivity contribution is 6.18. The Labute approximate surface area is 235 Å². The van der Waals surface area contributed by atoms with Gasteiger partial charge in [-0.15, -0.1) is 0 Å². The number of imidazole rings is 1. The first-order valence-electron chi connectivity index (χ1n) is 13.2. The Morgan fingerprint density at radius 1 is 1.07 bits per heavy atom. The van der Waals surface area contributed by atoms with Crippen LogP contribution in [0.15, 0.2) is 46.9 Å². The van der Waals surface area contributed by atoms with Crippen LogP contribution in [0.5, 0.6) is 11.5 Å². The highest BCUT2D eigenvalue weighted by Crippen LogP contribution is 2.38. The van der Waals surface area contributed by atoms with Crippen LogP contribution >= 0.6 is 0 Å². The van der Waals surface area contributed by atoms with Crippen molar-refractivity contribution in [1.82, 2.24) is 20.2 Å². The number of nitrogens with zero attached hydrogens (tertiary/aromatic N) is 3. The van der Waals surface area contributed by atoms with Crippen molar-refractivity contribution in [3.8, 4) is 23.1 Å². The summed E-state index contributed by atoms with van der Waals surface area (Å²) in [5.41, 5.74) is 2.04. The number of aromatic nitrogens is 2. The van der Waals surface area contributed by atoms with Crippen LogP contribution in [0.4, 0.5) is 5.88 Å². The molecule has 12 heteroatoms. The number of hydrogen-bond acceptors (Lipinski definition) is 9. The van der Waals surface area contributed by atoms with Gasteiger partial charge in [-0.3, -0.25) is 24.6 Å². The van der Waals surface area contributed by atoms with Gasteiger partial charge >= 0.3 is 5.88 Å². The van der Waals surface area contributed by atoms with Gasteiger partial charge in [0.25, 0.3) is 5.91 Å². The van der Waals surface area contributed by atoms with E-state index < -0.39 is 22.1 Å². The number of fused-ring (bicyclic) bond motifs is 3. The van der Waals surface area contributed by atoms with Crippen LogP contribution in [-0.2, 0) is 16.6 Å². The highest BCUT2D eigenvalue weighted by atomic mass is 16.6. The second-order valence-electron chi connectivity index (χ2n) is 10.3. The number of methoxy groups -OCH3 is 2. The van der Waals surface area contributed by atoms with Crippen molar-refractivity contribution in [3.63, 3.8) is 0 Å². The summed E-state index contributed by atoms with van der Waals surface area (Å²) in [7, 11) is 3.20. The number of hydrogen-bond donors (Lipinski definition) is 2. The summed E-state index contributed by atoms with van der Waals surface area (Å²) in [6.07, 6.45) is 1.35. The summed E-state index contributed by atoms with van der Waals surface area (Å²) in [5, 5.41) is 14.4. The van der Waals surface area contributed by atoms with E-state index in [9.17, 15) is 19.7 Å². The van der Waals surface area contributed by atoms with E-state index in [1.165, 1.54) is 17.0 Å². The molecule has 2 amide bonds. The smallest absolute Gasteiger partial charge is 0.433 e. The number of nitro groups is 1. The SMILES string of the molecule is COc1ccc(CCNCCCN2C(=O)c3c(ccc4[nH]c(-c5ccc([N+](=O)[O-])o5)nc34)C(C)(C)C2=O)cc1OC. The van der Waals surface area contributed by atoms with E-state index in [-0.39, 0.29) is 24.0 Å². The topological polar surface area (TPSA) is 153 Å². The molecule has 1 aliphatic heterocycles. The number of aromatic amines is 1. The van der Waals surface area contributed by atoms with Crippen molar-refractivity contribution in [3.05, 3.63) is 69.3 Å². The molecule has 214 valence electrons. The van der Waals surface area contributed by atoms with E-state index >= 15 is 0 Å².